The van der Waals surface area contributed by atoms with Crippen molar-refractivity contribution in [3.05, 3.63) is 65.7 Å². The van der Waals surface area contributed by atoms with E-state index in [9.17, 15) is 9.59 Å². The Balaban J connectivity index is 1.86. The SMILES string of the molecule is CCCC(=O)N[C@@H](C)C(=O)N[C@@H]1CN(C)c2ccccc2C(c2ccccc2)=N1. The van der Waals surface area contributed by atoms with Crippen LogP contribution < -0.4 is 15.5 Å². The minimum absolute atomic E-state index is 0.117. The Morgan fingerprint density at radius 2 is 1.83 bits per heavy atom. The van der Waals surface area contributed by atoms with Crippen LogP contribution >= 0.6 is 0 Å². The number of hydrogen-bond acceptors (Lipinski definition) is 4. The summed E-state index contributed by atoms with van der Waals surface area (Å²) < 4.78 is 0. The molecule has 152 valence electrons. The number of amides is 2. The van der Waals surface area contributed by atoms with Crippen LogP contribution in [0.5, 0.6) is 0 Å². The second-order valence-electron chi connectivity index (χ2n) is 7.30. The summed E-state index contributed by atoms with van der Waals surface area (Å²) in [7, 11) is 1.99. The van der Waals surface area contributed by atoms with Crippen LogP contribution in [0.25, 0.3) is 0 Å². The van der Waals surface area contributed by atoms with Gasteiger partial charge in [-0.3, -0.25) is 14.6 Å². The Kier molecular flexibility index (Phi) is 6.65. The minimum atomic E-state index is -0.611. The van der Waals surface area contributed by atoms with E-state index in [-0.39, 0.29) is 11.8 Å². The van der Waals surface area contributed by atoms with E-state index in [1.165, 1.54) is 0 Å². The van der Waals surface area contributed by atoms with E-state index in [4.69, 9.17) is 4.99 Å². The maximum atomic E-state index is 12.7. The van der Waals surface area contributed by atoms with E-state index in [1.807, 2.05) is 56.4 Å². The summed E-state index contributed by atoms with van der Waals surface area (Å²) >= 11 is 0. The first-order chi connectivity index (χ1) is 14.0. The minimum Gasteiger partial charge on any atom is -0.370 e. The van der Waals surface area contributed by atoms with E-state index < -0.39 is 12.2 Å². The lowest BCUT2D eigenvalue weighted by Gasteiger charge is -2.24. The topological polar surface area (TPSA) is 73.8 Å². The molecule has 0 spiro atoms. The van der Waals surface area contributed by atoms with Crippen LogP contribution in [-0.4, -0.2) is 43.3 Å². The number of benzene rings is 2. The number of carbonyl (C=O) groups excluding carboxylic acids is 2. The number of carbonyl (C=O) groups is 2. The Hall–Kier alpha value is -3.15. The van der Waals surface area contributed by atoms with Gasteiger partial charge in [0.05, 0.1) is 12.3 Å². The predicted octanol–water partition coefficient (Wildman–Crippen LogP) is 2.72. The molecule has 29 heavy (non-hydrogen) atoms. The number of anilines is 1. The van der Waals surface area contributed by atoms with Gasteiger partial charge in [0.25, 0.3) is 0 Å². The molecule has 0 aliphatic carbocycles. The molecule has 1 aliphatic heterocycles. The fraction of sp³-hybridized carbons (Fsp3) is 0.348. The number of aliphatic imine (C=N–C) groups is 1. The third kappa shape index (κ3) is 5.02. The Morgan fingerprint density at radius 3 is 2.55 bits per heavy atom. The molecule has 2 N–H and O–H groups in total. The molecule has 2 aromatic carbocycles. The summed E-state index contributed by atoms with van der Waals surface area (Å²) in [6.07, 6.45) is 0.729. The molecule has 1 aliphatic rings. The van der Waals surface area contributed by atoms with Gasteiger partial charge in [0, 0.05) is 30.3 Å². The standard InChI is InChI=1S/C23H28N4O2/c1-4-10-21(28)24-16(2)23(29)26-20-15-27(3)19-14-9-8-13-18(19)22(25-20)17-11-6-5-7-12-17/h5-9,11-14,16,20H,4,10,15H2,1-3H3,(H,24,28)(H,26,29)/t16-,20+/m0/s1. The van der Waals surface area contributed by atoms with Crippen molar-refractivity contribution in [3.63, 3.8) is 0 Å². The van der Waals surface area contributed by atoms with Gasteiger partial charge in [0.1, 0.15) is 12.2 Å². The van der Waals surface area contributed by atoms with Crippen molar-refractivity contribution in [2.24, 2.45) is 4.99 Å². The summed E-state index contributed by atoms with van der Waals surface area (Å²) in [5, 5.41) is 5.73. The normalized spacial score (nSPS) is 16.9. The molecule has 0 saturated carbocycles. The largest absolute Gasteiger partial charge is 0.370 e. The molecule has 3 rings (SSSR count). The molecule has 2 amide bonds. The van der Waals surface area contributed by atoms with Gasteiger partial charge >= 0.3 is 0 Å². The quantitative estimate of drug-likeness (QED) is 0.794. The lowest BCUT2D eigenvalue weighted by Crippen LogP contribution is -2.50. The molecule has 2 aromatic rings. The highest BCUT2D eigenvalue weighted by atomic mass is 16.2. The van der Waals surface area contributed by atoms with E-state index in [0.717, 1.165) is 28.9 Å². The van der Waals surface area contributed by atoms with E-state index in [2.05, 4.69) is 27.7 Å². The number of benzodiazepines with no additional fused rings is 1. The third-order valence-electron chi connectivity index (χ3n) is 4.91. The van der Waals surface area contributed by atoms with Crippen LogP contribution in [-0.2, 0) is 9.59 Å². The highest BCUT2D eigenvalue weighted by Gasteiger charge is 2.25. The van der Waals surface area contributed by atoms with Gasteiger partial charge in [-0.05, 0) is 19.4 Å². The van der Waals surface area contributed by atoms with Crippen molar-refractivity contribution in [2.75, 3.05) is 18.5 Å². The van der Waals surface area contributed by atoms with Crippen LogP contribution in [0.3, 0.4) is 0 Å². The number of para-hydroxylation sites is 1. The monoisotopic (exact) mass is 392 g/mol. The third-order valence-corrected chi connectivity index (χ3v) is 4.91. The second kappa shape index (κ2) is 9.37. The smallest absolute Gasteiger partial charge is 0.243 e. The Bertz CT molecular complexity index is 895. The number of nitrogens with one attached hydrogen (secondary N) is 2. The molecule has 6 nitrogen and oxygen atoms in total. The number of hydrogen-bond donors (Lipinski definition) is 2. The summed E-state index contributed by atoms with van der Waals surface area (Å²) in [5.74, 6) is -0.357. The number of nitrogens with zero attached hydrogens (tertiary/aromatic N) is 2. The Labute approximate surface area is 172 Å². The highest BCUT2D eigenvalue weighted by molar-refractivity contribution is 6.16. The molecule has 0 saturated heterocycles. The summed E-state index contributed by atoms with van der Waals surface area (Å²) in [4.78, 5) is 31.5. The van der Waals surface area contributed by atoms with Crippen molar-refractivity contribution < 1.29 is 9.59 Å². The first kappa shape index (κ1) is 20.6. The predicted molar refractivity (Wildman–Crippen MR) is 116 cm³/mol. The van der Waals surface area contributed by atoms with Gasteiger partial charge in [-0.15, -0.1) is 0 Å². The summed E-state index contributed by atoms with van der Waals surface area (Å²) in [6.45, 7) is 4.16. The second-order valence-corrected chi connectivity index (χ2v) is 7.30. The van der Waals surface area contributed by atoms with Crippen LogP contribution in [0.15, 0.2) is 59.6 Å². The first-order valence-electron chi connectivity index (χ1n) is 10.0. The van der Waals surface area contributed by atoms with Crippen LogP contribution in [0.1, 0.15) is 37.8 Å². The molecule has 0 unspecified atom stereocenters. The molecule has 0 fully saturated rings. The van der Waals surface area contributed by atoms with E-state index in [1.54, 1.807) is 6.92 Å². The van der Waals surface area contributed by atoms with Crippen molar-refractivity contribution in [2.45, 2.75) is 38.9 Å². The maximum absolute atomic E-state index is 12.7. The molecule has 0 bridgehead atoms. The molecule has 0 aromatic heterocycles. The molecule has 1 heterocycles. The summed E-state index contributed by atoms with van der Waals surface area (Å²) in [6, 6.07) is 17.5. The highest BCUT2D eigenvalue weighted by Crippen LogP contribution is 2.26. The van der Waals surface area contributed by atoms with Gasteiger partial charge < -0.3 is 15.5 Å². The molecular weight excluding hydrogens is 364 g/mol. The fourth-order valence-corrected chi connectivity index (χ4v) is 3.43. The molecule has 6 heteroatoms. The molecular formula is C23H28N4O2. The number of fused-ring (bicyclic) bond motifs is 1. The van der Waals surface area contributed by atoms with Gasteiger partial charge in [-0.2, -0.15) is 0 Å². The average molecular weight is 393 g/mol. The fourth-order valence-electron chi connectivity index (χ4n) is 3.43. The molecule has 2 atom stereocenters. The van der Waals surface area contributed by atoms with Gasteiger partial charge in [-0.25, -0.2) is 0 Å². The van der Waals surface area contributed by atoms with E-state index in [0.29, 0.717) is 13.0 Å². The zero-order valence-corrected chi connectivity index (χ0v) is 17.2. The first-order valence-corrected chi connectivity index (χ1v) is 10.0. The van der Waals surface area contributed by atoms with Gasteiger partial charge in [-0.1, -0.05) is 55.5 Å². The van der Waals surface area contributed by atoms with Crippen molar-refractivity contribution in [1.29, 1.82) is 0 Å². The van der Waals surface area contributed by atoms with Crippen molar-refractivity contribution >= 4 is 23.2 Å². The summed E-state index contributed by atoms with van der Waals surface area (Å²) in [5.41, 5.74) is 3.94. The van der Waals surface area contributed by atoms with Crippen LogP contribution in [0.2, 0.25) is 0 Å². The van der Waals surface area contributed by atoms with E-state index >= 15 is 0 Å². The molecule has 0 radical (unpaired) electrons. The van der Waals surface area contributed by atoms with Crippen molar-refractivity contribution in [1.82, 2.24) is 10.6 Å². The number of rotatable bonds is 6. The number of likely N-dealkylation sites (N-methyl/N-ethyl adjacent to an activating group) is 1. The lowest BCUT2D eigenvalue weighted by atomic mass is 10.0. The van der Waals surface area contributed by atoms with Crippen LogP contribution in [0, 0.1) is 0 Å². The van der Waals surface area contributed by atoms with Crippen LogP contribution in [0.4, 0.5) is 5.69 Å². The lowest BCUT2D eigenvalue weighted by molar-refractivity contribution is -0.128. The maximum Gasteiger partial charge on any atom is 0.243 e. The average Bonchev–Trinajstić information content (AvgIpc) is 2.85. The zero-order valence-electron chi connectivity index (χ0n) is 17.2. The van der Waals surface area contributed by atoms with Gasteiger partial charge in [0.2, 0.25) is 11.8 Å². The van der Waals surface area contributed by atoms with Gasteiger partial charge in [0.15, 0.2) is 0 Å². The van der Waals surface area contributed by atoms with Crippen molar-refractivity contribution in [3.8, 4) is 0 Å². The zero-order chi connectivity index (χ0) is 20.8. The Morgan fingerprint density at radius 1 is 1.14 bits per heavy atom.